The van der Waals surface area contributed by atoms with Crippen molar-refractivity contribution in [3.05, 3.63) is 93.6 Å². The van der Waals surface area contributed by atoms with Crippen molar-refractivity contribution in [2.45, 2.75) is 38.6 Å². The number of rotatable bonds is 4. The highest BCUT2D eigenvalue weighted by molar-refractivity contribution is 6.32. The Hall–Kier alpha value is -3.44. The number of nitrogens with one attached hydrogen (secondary N) is 2. The lowest BCUT2D eigenvalue weighted by Crippen LogP contribution is -2.27. The molecule has 3 aromatic rings. The van der Waals surface area contributed by atoms with Crippen LogP contribution in [0.1, 0.15) is 48.4 Å². The number of phenolic OH excluding ortho intramolecular Hbond substituents is 1. The predicted molar refractivity (Wildman–Crippen MR) is 136 cm³/mol. The van der Waals surface area contributed by atoms with Crippen LogP contribution in [0.2, 0.25) is 5.02 Å². The minimum atomic E-state index is -0.435. The quantitative estimate of drug-likeness (QED) is 0.391. The number of phenols is 1. The fourth-order valence-electron chi connectivity index (χ4n) is 4.84. The Morgan fingerprint density at radius 2 is 1.76 bits per heavy atom. The van der Waals surface area contributed by atoms with Crippen molar-refractivity contribution in [2.75, 3.05) is 17.2 Å². The molecule has 0 unspecified atom stereocenters. The number of aromatic hydroxyl groups is 1. The van der Waals surface area contributed by atoms with E-state index in [0.29, 0.717) is 24.4 Å². The number of hydrogen-bond acceptors (Lipinski definition) is 5. The van der Waals surface area contributed by atoms with E-state index in [1.54, 1.807) is 12.1 Å². The Morgan fingerprint density at radius 1 is 1.03 bits per heavy atom. The monoisotopic (exact) mass is 474 g/mol. The molecule has 5 rings (SSSR count). The second-order valence-electron chi connectivity index (χ2n) is 8.86. The van der Waals surface area contributed by atoms with Gasteiger partial charge in [0, 0.05) is 17.7 Å². The summed E-state index contributed by atoms with van der Waals surface area (Å²) in [5, 5.41) is 17.6. The van der Waals surface area contributed by atoms with Gasteiger partial charge in [0.1, 0.15) is 0 Å². The van der Waals surface area contributed by atoms with Crippen LogP contribution in [0.25, 0.3) is 0 Å². The number of fused-ring (bicyclic) bond motifs is 1. The van der Waals surface area contributed by atoms with Gasteiger partial charge in [-0.15, -0.1) is 0 Å². The van der Waals surface area contributed by atoms with E-state index < -0.39 is 6.04 Å². The van der Waals surface area contributed by atoms with E-state index in [2.05, 4.69) is 41.8 Å². The highest BCUT2D eigenvalue weighted by atomic mass is 35.5. The van der Waals surface area contributed by atoms with E-state index in [1.807, 2.05) is 31.2 Å². The molecule has 0 spiro atoms. The predicted octanol–water partition coefficient (Wildman–Crippen LogP) is 6.73. The number of carbonyl (C=O) groups is 1. The standard InChI is InChI=1S/C28H27ClN2O3/c1-3-34-25-15-19(12-20(29)28(25)33)27-26-23(30-21-6-4-5-7-22(21)31-27)13-18(14-24(26)32)17-10-8-16(2)9-11-17/h4-12,15,18,27,30-31,33H,3,13-14H2,1-2H3/t18-,27-/m0/s1. The van der Waals surface area contributed by atoms with Crippen molar-refractivity contribution < 1.29 is 14.6 Å². The highest BCUT2D eigenvalue weighted by Crippen LogP contribution is 2.46. The van der Waals surface area contributed by atoms with Gasteiger partial charge in [-0.25, -0.2) is 0 Å². The molecule has 0 aromatic heterocycles. The maximum absolute atomic E-state index is 13.7. The van der Waals surface area contributed by atoms with E-state index in [4.69, 9.17) is 16.3 Å². The molecular weight excluding hydrogens is 448 g/mol. The summed E-state index contributed by atoms with van der Waals surface area (Å²) in [6.07, 6.45) is 1.16. The van der Waals surface area contributed by atoms with Crippen LogP contribution in [0.4, 0.5) is 11.4 Å². The molecule has 0 fully saturated rings. The molecule has 3 aromatic carbocycles. The number of ketones is 1. The molecule has 174 valence electrons. The zero-order chi connectivity index (χ0) is 23.8. The van der Waals surface area contributed by atoms with Gasteiger partial charge in [-0.1, -0.05) is 53.6 Å². The zero-order valence-corrected chi connectivity index (χ0v) is 19.9. The van der Waals surface area contributed by atoms with Crippen molar-refractivity contribution in [2.24, 2.45) is 0 Å². The molecule has 2 aliphatic rings. The Bertz CT molecular complexity index is 1280. The topological polar surface area (TPSA) is 70.6 Å². The van der Waals surface area contributed by atoms with Gasteiger partial charge in [-0.3, -0.25) is 4.79 Å². The normalized spacial score (nSPS) is 19.4. The van der Waals surface area contributed by atoms with Crippen LogP contribution < -0.4 is 15.4 Å². The summed E-state index contributed by atoms with van der Waals surface area (Å²) < 4.78 is 5.62. The molecule has 34 heavy (non-hydrogen) atoms. The van der Waals surface area contributed by atoms with Crippen LogP contribution in [-0.4, -0.2) is 17.5 Å². The summed E-state index contributed by atoms with van der Waals surface area (Å²) >= 11 is 6.37. The van der Waals surface area contributed by atoms with E-state index in [-0.39, 0.29) is 22.5 Å². The highest BCUT2D eigenvalue weighted by Gasteiger charge is 2.36. The number of ether oxygens (including phenoxy) is 1. The van der Waals surface area contributed by atoms with Crippen LogP contribution in [-0.2, 0) is 4.79 Å². The fraction of sp³-hybridized carbons (Fsp3) is 0.250. The molecular formula is C28H27ClN2O3. The lowest BCUT2D eigenvalue weighted by atomic mass is 9.78. The van der Waals surface area contributed by atoms with Crippen LogP contribution >= 0.6 is 11.6 Å². The SMILES string of the molecule is CCOc1cc([C@@H]2Nc3ccccc3NC3=C2C(=O)C[C@@H](c2ccc(C)cc2)C3)cc(Cl)c1O. The minimum absolute atomic E-state index is 0.0896. The summed E-state index contributed by atoms with van der Waals surface area (Å²) in [6.45, 7) is 4.30. The average Bonchev–Trinajstić information content (AvgIpc) is 2.99. The lowest BCUT2D eigenvalue weighted by Gasteiger charge is -2.30. The van der Waals surface area contributed by atoms with E-state index in [0.717, 1.165) is 29.1 Å². The maximum Gasteiger partial charge on any atom is 0.176 e. The summed E-state index contributed by atoms with van der Waals surface area (Å²) in [6, 6.07) is 19.4. The smallest absolute Gasteiger partial charge is 0.176 e. The van der Waals surface area contributed by atoms with Crippen LogP contribution in [0.15, 0.2) is 71.9 Å². The first kappa shape index (κ1) is 22.4. The molecule has 0 amide bonds. The molecule has 2 atom stereocenters. The lowest BCUT2D eigenvalue weighted by molar-refractivity contribution is -0.116. The Kier molecular flexibility index (Phi) is 5.96. The summed E-state index contributed by atoms with van der Waals surface area (Å²) in [5.41, 5.74) is 6.55. The molecule has 0 radical (unpaired) electrons. The van der Waals surface area contributed by atoms with Crippen LogP contribution in [0, 0.1) is 6.92 Å². The van der Waals surface area contributed by atoms with Gasteiger partial charge in [0.05, 0.1) is 29.0 Å². The molecule has 3 N–H and O–H groups in total. The van der Waals surface area contributed by atoms with Gasteiger partial charge in [0.15, 0.2) is 17.3 Å². The van der Waals surface area contributed by atoms with Gasteiger partial charge in [-0.05, 0) is 61.6 Å². The second-order valence-corrected chi connectivity index (χ2v) is 9.27. The molecule has 1 aliphatic carbocycles. The first-order valence-electron chi connectivity index (χ1n) is 11.5. The summed E-state index contributed by atoms with van der Waals surface area (Å²) in [4.78, 5) is 13.7. The Balaban J connectivity index is 1.62. The third-order valence-electron chi connectivity index (χ3n) is 6.54. The number of Topliss-reactive ketones (excluding diaryl/α,β-unsaturated/α-hetero) is 1. The van der Waals surface area contributed by atoms with Gasteiger partial charge in [0.25, 0.3) is 0 Å². The molecule has 5 nitrogen and oxygen atoms in total. The van der Waals surface area contributed by atoms with Crippen molar-refractivity contribution in [1.29, 1.82) is 0 Å². The largest absolute Gasteiger partial charge is 0.503 e. The van der Waals surface area contributed by atoms with Crippen LogP contribution in [0.5, 0.6) is 11.5 Å². The third kappa shape index (κ3) is 4.12. The number of hydrogen-bond donors (Lipinski definition) is 3. The van der Waals surface area contributed by atoms with Gasteiger partial charge < -0.3 is 20.5 Å². The maximum atomic E-state index is 13.7. The van der Waals surface area contributed by atoms with E-state index in [1.165, 1.54) is 11.1 Å². The van der Waals surface area contributed by atoms with Crippen LogP contribution in [0.3, 0.4) is 0 Å². The number of halogens is 1. The van der Waals surface area contributed by atoms with Crippen molar-refractivity contribution in [3.8, 4) is 11.5 Å². The zero-order valence-electron chi connectivity index (χ0n) is 19.2. The fourth-order valence-corrected chi connectivity index (χ4v) is 5.06. The molecule has 0 saturated heterocycles. The van der Waals surface area contributed by atoms with Crippen molar-refractivity contribution in [1.82, 2.24) is 0 Å². The second kappa shape index (κ2) is 9.07. The molecule has 0 bridgehead atoms. The number of aryl methyl sites for hydroxylation is 1. The number of allylic oxidation sites excluding steroid dienone is 1. The average molecular weight is 475 g/mol. The number of carbonyl (C=O) groups excluding carboxylic acids is 1. The van der Waals surface area contributed by atoms with Crippen molar-refractivity contribution >= 4 is 28.8 Å². The third-order valence-corrected chi connectivity index (χ3v) is 6.83. The van der Waals surface area contributed by atoms with E-state index in [9.17, 15) is 9.90 Å². The van der Waals surface area contributed by atoms with Gasteiger partial charge in [-0.2, -0.15) is 0 Å². The number of para-hydroxylation sites is 2. The van der Waals surface area contributed by atoms with Gasteiger partial charge >= 0.3 is 0 Å². The molecule has 1 aliphatic heterocycles. The Labute approximate surface area is 204 Å². The first-order chi connectivity index (χ1) is 16.4. The number of anilines is 2. The molecule has 6 heteroatoms. The summed E-state index contributed by atoms with van der Waals surface area (Å²) in [5.74, 6) is 0.405. The van der Waals surface area contributed by atoms with Crippen molar-refractivity contribution in [3.63, 3.8) is 0 Å². The number of benzene rings is 3. The minimum Gasteiger partial charge on any atom is -0.503 e. The first-order valence-corrected chi connectivity index (χ1v) is 11.9. The Morgan fingerprint density at radius 3 is 2.50 bits per heavy atom. The molecule has 0 saturated carbocycles. The summed E-state index contributed by atoms with van der Waals surface area (Å²) in [7, 11) is 0. The van der Waals surface area contributed by atoms with E-state index >= 15 is 0 Å². The molecule has 1 heterocycles. The van der Waals surface area contributed by atoms with Gasteiger partial charge in [0.2, 0.25) is 0 Å².